The van der Waals surface area contributed by atoms with Crippen LogP contribution in [-0.4, -0.2) is 11.2 Å². The fourth-order valence-corrected chi connectivity index (χ4v) is 5.63. The fraction of sp³-hybridized carbons (Fsp3) is 0.0303. The van der Waals surface area contributed by atoms with Crippen molar-refractivity contribution in [2.75, 3.05) is 0 Å². The molecule has 0 radical (unpaired) electrons. The number of aliphatic hydroxyl groups is 1. The molecule has 1 atom stereocenters. The van der Waals surface area contributed by atoms with Gasteiger partial charge in [0.2, 0.25) is 0 Å². The van der Waals surface area contributed by atoms with Crippen molar-refractivity contribution in [3.05, 3.63) is 141 Å². The Hall–Kier alpha value is -4.20. The van der Waals surface area contributed by atoms with Crippen molar-refractivity contribution < 1.29 is 5.11 Å². The lowest BCUT2D eigenvalue weighted by molar-refractivity contribution is 0.289. The van der Waals surface area contributed by atoms with Gasteiger partial charge in [0.15, 0.2) is 0 Å². The molecular formula is C33H22O. The second-order valence-electron chi connectivity index (χ2n) is 9.03. The lowest BCUT2D eigenvalue weighted by Gasteiger charge is -2.23. The molecule has 1 heteroatoms. The van der Waals surface area contributed by atoms with Crippen LogP contribution in [0.4, 0.5) is 0 Å². The van der Waals surface area contributed by atoms with Gasteiger partial charge in [0, 0.05) is 5.57 Å². The second kappa shape index (κ2) is 7.41. The van der Waals surface area contributed by atoms with E-state index < -0.39 is 6.10 Å². The number of hydrogen-bond donors (Lipinski definition) is 1. The molecular weight excluding hydrogens is 412 g/mol. The summed E-state index contributed by atoms with van der Waals surface area (Å²) in [7, 11) is 0. The minimum absolute atomic E-state index is 0.732. The van der Waals surface area contributed by atoms with Gasteiger partial charge in [0.05, 0.1) is 0 Å². The Bertz CT molecular complexity index is 1870. The molecule has 5 aromatic carbocycles. The number of rotatable bonds is 1. The zero-order valence-electron chi connectivity index (χ0n) is 18.6. The van der Waals surface area contributed by atoms with Crippen LogP contribution in [0.3, 0.4) is 0 Å². The summed E-state index contributed by atoms with van der Waals surface area (Å²) >= 11 is 0. The number of aliphatic hydroxyl groups excluding tert-OH is 1. The Labute approximate surface area is 197 Å². The van der Waals surface area contributed by atoms with Crippen molar-refractivity contribution in [3.8, 4) is 11.1 Å². The molecule has 1 unspecified atom stereocenters. The lowest BCUT2D eigenvalue weighted by atomic mass is 9.85. The van der Waals surface area contributed by atoms with Crippen LogP contribution in [0.1, 0.15) is 11.1 Å². The van der Waals surface area contributed by atoms with Gasteiger partial charge < -0.3 is 5.11 Å². The van der Waals surface area contributed by atoms with Crippen molar-refractivity contribution in [1.82, 2.24) is 0 Å². The molecule has 0 bridgehead atoms. The summed E-state index contributed by atoms with van der Waals surface area (Å²) in [5.74, 6) is 0. The highest BCUT2D eigenvalue weighted by molar-refractivity contribution is 6.00. The third-order valence-corrected chi connectivity index (χ3v) is 7.18. The first-order valence-corrected chi connectivity index (χ1v) is 11.7. The molecule has 1 nitrogen and oxygen atoms in total. The summed E-state index contributed by atoms with van der Waals surface area (Å²) < 4.78 is 0. The third kappa shape index (κ3) is 2.78. The van der Waals surface area contributed by atoms with Gasteiger partial charge in [0.1, 0.15) is 6.10 Å². The van der Waals surface area contributed by atoms with Crippen LogP contribution in [0.15, 0.2) is 109 Å². The molecule has 2 aliphatic carbocycles. The Morgan fingerprint density at radius 2 is 1.21 bits per heavy atom. The zero-order chi connectivity index (χ0) is 22.6. The normalized spacial score (nSPS) is 17.4. The van der Waals surface area contributed by atoms with Crippen LogP contribution in [0.5, 0.6) is 0 Å². The predicted octanol–water partition coefficient (Wildman–Crippen LogP) is 3.85. The summed E-state index contributed by atoms with van der Waals surface area (Å²) in [4.78, 5) is 0. The Balaban J connectivity index is 1.60. The van der Waals surface area contributed by atoms with Gasteiger partial charge in [-0.25, -0.2) is 0 Å². The van der Waals surface area contributed by atoms with Gasteiger partial charge in [-0.3, -0.25) is 0 Å². The molecule has 5 aromatic rings. The monoisotopic (exact) mass is 434 g/mol. The van der Waals surface area contributed by atoms with Gasteiger partial charge in [0.25, 0.3) is 0 Å². The van der Waals surface area contributed by atoms with Gasteiger partial charge in [-0.05, 0) is 71.6 Å². The first-order chi connectivity index (χ1) is 16.8. The quantitative estimate of drug-likeness (QED) is 0.417. The number of hydrogen-bond acceptors (Lipinski definition) is 1. The van der Waals surface area contributed by atoms with Crippen molar-refractivity contribution in [3.63, 3.8) is 0 Å². The maximum Gasteiger partial charge on any atom is 0.106 e. The highest BCUT2D eigenvalue weighted by Gasteiger charge is 2.24. The van der Waals surface area contributed by atoms with E-state index in [9.17, 15) is 5.11 Å². The predicted molar refractivity (Wildman–Crippen MR) is 141 cm³/mol. The molecule has 0 saturated carbocycles. The van der Waals surface area contributed by atoms with E-state index in [0.717, 1.165) is 37.8 Å². The zero-order valence-corrected chi connectivity index (χ0v) is 18.6. The lowest BCUT2D eigenvalue weighted by Crippen LogP contribution is -2.40. The molecule has 0 amide bonds. The SMILES string of the molecule is OC1C(c2cccc3ccccc23)=c2ccccc2=CC1=c1cccc2c1=Cc1ccccc1-2. The van der Waals surface area contributed by atoms with Crippen LogP contribution < -0.4 is 20.9 Å². The van der Waals surface area contributed by atoms with Gasteiger partial charge in [-0.15, -0.1) is 0 Å². The van der Waals surface area contributed by atoms with E-state index in [-0.39, 0.29) is 0 Å². The second-order valence-corrected chi connectivity index (χ2v) is 9.03. The van der Waals surface area contributed by atoms with Crippen LogP contribution in [0, 0.1) is 0 Å². The van der Waals surface area contributed by atoms with Crippen LogP contribution in [0.25, 0.3) is 45.2 Å². The van der Waals surface area contributed by atoms with Gasteiger partial charge in [-0.2, -0.15) is 0 Å². The number of benzene rings is 5. The minimum atomic E-state index is -0.732. The summed E-state index contributed by atoms with van der Waals surface area (Å²) in [5, 5.41) is 18.8. The summed E-state index contributed by atoms with van der Waals surface area (Å²) in [6.45, 7) is 0. The van der Waals surface area contributed by atoms with E-state index >= 15 is 0 Å². The standard InChI is InChI=1S/C33H22O/c34-33-31(28-17-8-16-27-25-14-5-2-10-22(25)19-30(27)28)20-23-11-3-6-15-26(23)32(33)29-18-7-12-21-9-1-4-13-24(21)29/h1-20,33-34H. The highest BCUT2D eigenvalue weighted by Crippen LogP contribution is 2.30. The molecule has 34 heavy (non-hydrogen) atoms. The van der Waals surface area contributed by atoms with Gasteiger partial charge >= 0.3 is 0 Å². The molecule has 2 aliphatic rings. The van der Waals surface area contributed by atoms with E-state index in [1.54, 1.807) is 0 Å². The van der Waals surface area contributed by atoms with Crippen molar-refractivity contribution >= 4 is 34.1 Å². The topological polar surface area (TPSA) is 20.2 Å². The maximum absolute atomic E-state index is 12.0. The summed E-state index contributed by atoms with van der Waals surface area (Å²) in [6, 6.07) is 38.1. The fourth-order valence-electron chi connectivity index (χ4n) is 5.63. The Kier molecular flexibility index (Phi) is 4.20. The van der Waals surface area contributed by atoms with Crippen molar-refractivity contribution in [1.29, 1.82) is 0 Å². The van der Waals surface area contributed by atoms with E-state index in [2.05, 4.69) is 121 Å². The van der Waals surface area contributed by atoms with Crippen molar-refractivity contribution in [2.24, 2.45) is 0 Å². The molecule has 0 fully saturated rings. The van der Waals surface area contributed by atoms with E-state index in [0.29, 0.717) is 0 Å². The van der Waals surface area contributed by atoms with Crippen LogP contribution in [0.2, 0.25) is 0 Å². The average Bonchev–Trinajstić information content (AvgIpc) is 3.27. The van der Waals surface area contributed by atoms with E-state index in [1.165, 1.54) is 27.3 Å². The first-order valence-electron chi connectivity index (χ1n) is 11.7. The van der Waals surface area contributed by atoms with Crippen molar-refractivity contribution in [2.45, 2.75) is 6.10 Å². The van der Waals surface area contributed by atoms with Gasteiger partial charge in [-0.1, -0.05) is 109 Å². The molecule has 0 spiro atoms. The highest BCUT2D eigenvalue weighted by atomic mass is 16.3. The van der Waals surface area contributed by atoms with Crippen LogP contribution >= 0.6 is 0 Å². The first kappa shape index (κ1) is 19.3. The average molecular weight is 435 g/mol. The minimum Gasteiger partial charge on any atom is -0.384 e. The molecule has 0 saturated heterocycles. The largest absolute Gasteiger partial charge is 0.384 e. The summed E-state index contributed by atoms with van der Waals surface area (Å²) in [5.41, 5.74) is 6.72. The molecule has 7 rings (SSSR count). The number of fused-ring (bicyclic) bond motifs is 5. The third-order valence-electron chi connectivity index (χ3n) is 7.18. The van der Waals surface area contributed by atoms with Crippen LogP contribution in [-0.2, 0) is 0 Å². The molecule has 160 valence electrons. The molecule has 1 N–H and O–H groups in total. The molecule has 0 aliphatic heterocycles. The van der Waals surface area contributed by atoms with E-state index in [4.69, 9.17) is 0 Å². The summed E-state index contributed by atoms with van der Waals surface area (Å²) in [6.07, 6.45) is 3.69. The molecule has 0 aromatic heterocycles. The van der Waals surface area contributed by atoms with E-state index in [1.807, 2.05) is 0 Å². The Morgan fingerprint density at radius 3 is 2.18 bits per heavy atom. The smallest absolute Gasteiger partial charge is 0.106 e. The molecule has 0 heterocycles. The maximum atomic E-state index is 12.0. The Morgan fingerprint density at radius 1 is 0.529 bits per heavy atom.